The zero-order valence-corrected chi connectivity index (χ0v) is 17.4. The summed E-state index contributed by atoms with van der Waals surface area (Å²) in [6.45, 7) is 6.28. The van der Waals surface area contributed by atoms with E-state index in [1.54, 1.807) is 20.8 Å². The van der Waals surface area contributed by atoms with Crippen LogP contribution in [-0.4, -0.2) is 44.1 Å². The molecule has 0 radical (unpaired) electrons. The summed E-state index contributed by atoms with van der Waals surface area (Å²) >= 11 is 5.96. The van der Waals surface area contributed by atoms with Crippen molar-refractivity contribution in [3.05, 3.63) is 34.6 Å². The molecule has 1 aromatic carbocycles. The lowest BCUT2D eigenvalue weighted by Crippen LogP contribution is -2.44. The Bertz CT molecular complexity index is 760. The number of amides is 1. The minimum atomic E-state index is -3.72. The molecule has 6 nitrogen and oxygen atoms in total. The van der Waals surface area contributed by atoms with Crippen LogP contribution < -0.4 is 5.32 Å². The first kappa shape index (κ1) is 21.9. The predicted octanol–water partition coefficient (Wildman–Crippen LogP) is 3.55. The van der Waals surface area contributed by atoms with E-state index in [-0.39, 0.29) is 23.0 Å². The lowest BCUT2D eigenvalue weighted by molar-refractivity contribution is 0.0513. The fraction of sp³-hybridized carbons (Fsp3) is 0.611. The number of nitrogens with one attached hydrogen (secondary N) is 1. The first-order valence-corrected chi connectivity index (χ1v) is 10.8. The molecule has 0 bridgehead atoms. The predicted molar refractivity (Wildman–Crippen MR) is 103 cm³/mol. The molecule has 0 aromatic heterocycles. The molecule has 0 aliphatic carbocycles. The van der Waals surface area contributed by atoms with E-state index in [0.29, 0.717) is 19.5 Å². The monoisotopic (exact) mass is 420 g/mol. The quantitative estimate of drug-likeness (QED) is 0.790. The molecule has 1 N–H and O–H groups in total. The van der Waals surface area contributed by atoms with Gasteiger partial charge in [-0.1, -0.05) is 17.7 Å². The third-order valence-electron chi connectivity index (χ3n) is 4.20. The van der Waals surface area contributed by atoms with Crippen LogP contribution in [0.1, 0.15) is 39.2 Å². The number of rotatable bonds is 5. The molecule has 1 heterocycles. The van der Waals surface area contributed by atoms with E-state index in [2.05, 4.69) is 5.32 Å². The van der Waals surface area contributed by atoms with Crippen molar-refractivity contribution in [2.75, 3.05) is 19.6 Å². The summed E-state index contributed by atoms with van der Waals surface area (Å²) in [6.07, 6.45) is 0.938. The van der Waals surface area contributed by atoms with Crippen LogP contribution in [0.5, 0.6) is 0 Å². The largest absolute Gasteiger partial charge is 0.444 e. The average molecular weight is 421 g/mol. The van der Waals surface area contributed by atoms with Gasteiger partial charge in [0.2, 0.25) is 10.0 Å². The minimum absolute atomic E-state index is 0.0202. The Kier molecular flexibility index (Phi) is 7.10. The number of benzene rings is 1. The Morgan fingerprint density at radius 1 is 1.41 bits per heavy atom. The third-order valence-corrected chi connectivity index (χ3v) is 6.32. The maximum Gasteiger partial charge on any atom is 0.407 e. The van der Waals surface area contributed by atoms with Crippen molar-refractivity contribution in [3.63, 3.8) is 0 Å². The standard InChI is InChI=1S/C18H26ClFN2O4S/c1-18(2,3)26-17(23)21-10-13-6-5-9-22(11-13)27(24,25)12-14-15(19)7-4-8-16(14)20/h4,7-8,13H,5-6,9-12H2,1-3H3,(H,21,23)/t13-/m1/s1. The molecule has 0 spiro atoms. The van der Waals surface area contributed by atoms with Gasteiger partial charge in [0.05, 0.1) is 5.75 Å². The van der Waals surface area contributed by atoms with Gasteiger partial charge in [0.25, 0.3) is 0 Å². The van der Waals surface area contributed by atoms with Crippen molar-refractivity contribution in [2.45, 2.75) is 45.0 Å². The number of ether oxygens (including phenoxy) is 1. The van der Waals surface area contributed by atoms with Crippen molar-refractivity contribution in [2.24, 2.45) is 5.92 Å². The average Bonchev–Trinajstić information content (AvgIpc) is 2.55. The molecule has 1 atom stereocenters. The Morgan fingerprint density at radius 2 is 2.11 bits per heavy atom. The second-order valence-corrected chi connectivity index (χ2v) is 10.1. The van der Waals surface area contributed by atoms with Crippen molar-refractivity contribution in [1.29, 1.82) is 0 Å². The summed E-state index contributed by atoms with van der Waals surface area (Å²) in [5.41, 5.74) is -0.612. The van der Waals surface area contributed by atoms with Gasteiger partial charge in [-0.3, -0.25) is 0 Å². The van der Waals surface area contributed by atoms with Gasteiger partial charge in [-0.2, -0.15) is 0 Å². The summed E-state index contributed by atoms with van der Waals surface area (Å²) in [7, 11) is -3.72. The minimum Gasteiger partial charge on any atom is -0.444 e. The van der Waals surface area contributed by atoms with Crippen LogP contribution in [0.25, 0.3) is 0 Å². The Balaban J connectivity index is 1.97. The van der Waals surface area contributed by atoms with E-state index in [0.717, 1.165) is 6.42 Å². The van der Waals surface area contributed by atoms with Crippen LogP contribution in [0.2, 0.25) is 5.02 Å². The first-order valence-electron chi connectivity index (χ1n) is 8.85. The van der Waals surface area contributed by atoms with Crippen molar-refractivity contribution >= 4 is 27.7 Å². The summed E-state index contributed by atoms with van der Waals surface area (Å²) < 4.78 is 45.9. The van der Waals surface area contributed by atoms with Crippen LogP contribution in [0.15, 0.2) is 18.2 Å². The Hall–Kier alpha value is -1.38. The van der Waals surface area contributed by atoms with E-state index < -0.39 is 33.3 Å². The van der Waals surface area contributed by atoms with Crippen LogP contribution >= 0.6 is 11.6 Å². The molecule has 0 saturated carbocycles. The molecule has 1 amide bonds. The molecule has 152 valence electrons. The highest BCUT2D eigenvalue weighted by molar-refractivity contribution is 7.88. The van der Waals surface area contributed by atoms with Gasteiger partial charge in [-0.25, -0.2) is 21.9 Å². The SMILES string of the molecule is CC(C)(C)OC(=O)NC[C@H]1CCCN(S(=O)(=O)Cc2c(F)cccc2Cl)C1. The fourth-order valence-corrected chi connectivity index (χ4v) is 4.93. The van der Waals surface area contributed by atoms with Crippen molar-refractivity contribution in [1.82, 2.24) is 9.62 Å². The smallest absolute Gasteiger partial charge is 0.407 e. The van der Waals surface area contributed by atoms with E-state index in [4.69, 9.17) is 16.3 Å². The maximum atomic E-state index is 13.9. The van der Waals surface area contributed by atoms with Gasteiger partial charge in [-0.15, -0.1) is 0 Å². The van der Waals surface area contributed by atoms with E-state index in [9.17, 15) is 17.6 Å². The molecule has 27 heavy (non-hydrogen) atoms. The molecule has 9 heteroatoms. The van der Waals surface area contributed by atoms with Gasteiger partial charge in [0, 0.05) is 30.2 Å². The summed E-state index contributed by atoms with van der Waals surface area (Å²) in [6, 6.07) is 4.10. The molecule has 1 aromatic rings. The number of hydrogen-bond acceptors (Lipinski definition) is 4. The molecule has 0 unspecified atom stereocenters. The molecule has 1 aliphatic heterocycles. The van der Waals surface area contributed by atoms with E-state index in [1.807, 2.05) is 0 Å². The molecular formula is C18H26ClFN2O4S. The molecule has 1 fully saturated rings. The van der Waals surface area contributed by atoms with Gasteiger partial charge >= 0.3 is 6.09 Å². The van der Waals surface area contributed by atoms with Crippen LogP contribution in [0, 0.1) is 11.7 Å². The molecule has 1 aliphatic rings. The van der Waals surface area contributed by atoms with Crippen molar-refractivity contribution in [3.8, 4) is 0 Å². The molecule has 2 rings (SSSR count). The van der Waals surface area contributed by atoms with Gasteiger partial charge in [0.1, 0.15) is 11.4 Å². The third kappa shape index (κ3) is 6.62. The van der Waals surface area contributed by atoms with E-state index in [1.165, 1.54) is 22.5 Å². The van der Waals surface area contributed by atoms with Crippen molar-refractivity contribution < 1.29 is 22.3 Å². The number of sulfonamides is 1. The summed E-state index contributed by atoms with van der Waals surface area (Å²) in [5.74, 6) is -1.14. The number of hydrogen-bond donors (Lipinski definition) is 1. The zero-order valence-electron chi connectivity index (χ0n) is 15.8. The van der Waals surface area contributed by atoms with Gasteiger partial charge in [0.15, 0.2) is 0 Å². The van der Waals surface area contributed by atoms with E-state index >= 15 is 0 Å². The topological polar surface area (TPSA) is 75.7 Å². The fourth-order valence-electron chi connectivity index (χ4n) is 2.93. The number of alkyl carbamates (subject to hydrolysis) is 1. The van der Waals surface area contributed by atoms with Crippen LogP contribution in [0.3, 0.4) is 0 Å². The first-order chi connectivity index (χ1) is 12.5. The zero-order chi connectivity index (χ0) is 20.2. The van der Waals surface area contributed by atoms with Gasteiger partial charge in [-0.05, 0) is 51.7 Å². The van der Waals surface area contributed by atoms with Crippen LogP contribution in [-0.2, 0) is 20.5 Å². The summed E-state index contributed by atoms with van der Waals surface area (Å²) in [4.78, 5) is 11.8. The lowest BCUT2D eigenvalue weighted by Gasteiger charge is -2.32. The second kappa shape index (κ2) is 8.75. The number of piperidine rings is 1. The number of carbonyl (C=O) groups is 1. The molecular weight excluding hydrogens is 395 g/mol. The number of halogens is 2. The van der Waals surface area contributed by atoms with Gasteiger partial charge < -0.3 is 10.1 Å². The second-order valence-electron chi connectivity index (χ2n) is 7.71. The normalized spacial score (nSPS) is 18.9. The number of carbonyl (C=O) groups excluding carboxylic acids is 1. The highest BCUT2D eigenvalue weighted by atomic mass is 35.5. The highest BCUT2D eigenvalue weighted by Gasteiger charge is 2.30. The van der Waals surface area contributed by atoms with Crippen LogP contribution in [0.4, 0.5) is 9.18 Å². The highest BCUT2D eigenvalue weighted by Crippen LogP contribution is 2.25. The lowest BCUT2D eigenvalue weighted by atomic mass is 10.00. The maximum absolute atomic E-state index is 13.9. The summed E-state index contributed by atoms with van der Waals surface area (Å²) in [5, 5.41) is 2.78. The molecule has 1 saturated heterocycles. The Labute approximate surface area is 165 Å². The number of nitrogens with zero attached hydrogens (tertiary/aromatic N) is 1. The Morgan fingerprint density at radius 3 is 2.74 bits per heavy atom.